The van der Waals surface area contributed by atoms with Gasteiger partial charge in [0.1, 0.15) is 0 Å². The van der Waals surface area contributed by atoms with Crippen LogP contribution in [0.1, 0.15) is 31.9 Å². The van der Waals surface area contributed by atoms with Crippen LogP contribution in [0.25, 0.3) is 0 Å². The first-order valence-electron chi connectivity index (χ1n) is 5.11. The fourth-order valence-corrected chi connectivity index (χ4v) is 1.81. The number of anilines is 1. The molecule has 0 aromatic heterocycles. The van der Waals surface area contributed by atoms with Crippen molar-refractivity contribution in [3.8, 4) is 0 Å². The maximum absolute atomic E-state index is 5.91. The lowest BCUT2D eigenvalue weighted by Gasteiger charge is -2.23. The fraction of sp³-hybridized carbons (Fsp3) is 0.455. The number of benzene rings is 1. The molecule has 0 spiro atoms. The molecule has 0 bridgehead atoms. The van der Waals surface area contributed by atoms with Crippen LogP contribution in [0.2, 0.25) is 5.02 Å². The molecule has 0 saturated carbocycles. The number of hydrogen-bond donors (Lipinski definition) is 3. The number of nitrogens with two attached hydrogens (primary N) is 2. The molecule has 1 aromatic rings. The van der Waals surface area contributed by atoms with E-state index in [1.807, 2.05) is 12.1 Å². The first-order chi connectivity index (χ1) is 7.10. The molecule has 0 radical (unpaired) electrons. The van der Waals surface area contributed by atoms with E-state index in [2.05, 4.69) is 19.3 Å². The molecule has 0 fully saturated rings. The zero-order valence-corrected chi connectivity index (χ0v) is 9.88. The van der Waals surface area contributed by atoms with Gasteiger partial charge in [0.2, 0.25) is 0 Å². The monoisotopic (exact) mass is 227 g/mol. The lowest BCUT2D eigenvalue weighted by Crippen LogP contribution is -2.32. The van der Waals surface area contributed by atoms with Crippen LogP contribution in [0.4, 0.5) is 5.69 Å². The Morgan fingerprint density at radius 2 is 2.13 bits per heavy atom. The molecule has 2 unspecified atom stereocenters. The van der Waals surface area contributed by atoms with E-state index in [9.17, 15) is 0 Å². The standard InChI is InChI=1S/C11H18ClN3/c1-3-7(2)11(15-14)9-5-4-8(12)6-10(9)13/h4-7,11,15H,3,13-14H2,1-2H3. The summed E-state index contributed by atoms with van der Waals surface area (Å²) in [5, 5.41) is 0.649. The van der Waals surface area contributed by atoms with Crippen molar-refractivity contribution in [1.29, 1.82) is 0 Å². The number of hydrogen-bond acceptors (Lipinski definition) is 3. The molecule has 0 heterocycles. The van der Waals surface area contributed by atoms with E-state index in [0.29, 0.717) is 16.6 Å². The molecule has 1 aromatic carbocycles. The third kappa shape index (κ3) is 2.84. The number of hydrazine groups is 1. The van der Waals surface area contributed by atoms with Crippen molar-refractivity contribution in [3.05, 3.63) is 28.8 Å². The molecule has 5 N–H and O–H groups in total. The highest BCUT2D eigenvalue weighted by atomic mass is 35.5. The minimum atomic E-state index is 0.0762. The number of nitrogens with one attached hydrogen (secondary N) is 1. The summed E-state index contributed by atoms with van der Waals surface area (Å²) in [7, 11) is 0. The van der Waals surface area contributed by atoms with E-state index < -0.39 is 0 Å². The Morgan fingerprint density at radius 1 is 1.47 bits per heavy atom. The Hall–Kier alpha value is -0.770. The van der Waals surface area contributed by atoms with E-state index in [0.717, 1.165) is 12.0 Å². The Bertz CT molecular complexity index is 328. The van der Waals surface area contributed by atoms with Gasteiger partial charge in [-0.3, -0.25) is 11.3 Å². The fourth-order valence-electron chi connectivity index (χ4n) is 1.63. The summed E-state index contributed by atoms with van der Waals surface area (Å²) in [5.74, 6) is 5.98. The summed E-state index contributed by atoms with van der Waals surface area (Å²) >= 11 is 5.85. The predicted molar refractivity (Wildman–Crippen MR) is 65.4 cm³/mol. The average Bonchev–Trinajstić information content (AvgIpc) is 2.21. The molecule has 0 saturated heterocycles. The lowest BCUT2D eigenvalue weighted by molar-refractivity contribution is 0.384. The van der Waals surface area contributed by atoms with Gasteiger partial charge in [-0.2, -0.15) is 0 Å². The maximum Gasteiger partial charge on any atom is 0.0505 e. The number of halogens is 1. The smallest absolute Gasteiger partial charge is 0.0505 e. The summed E-state index contributed by atoms with van der Waals surface area (Å²) in [6.07, 6.45) is 1.04. The van der Waals surface area contributed by atoms with Gasteiger partial charge in [-0.1, -0.05) is 37.9 Å². The van der Waals surface area contributed by atoms with Crippen molar-refractivity contribution in [2.45, 2.75) is 26.3 Å². The van der Waals surface area contributed by atoms with Gasteiger partial charge in [-0.05, 0) is 23.6 Å². The largest absolute Gasteiger partial charge is 0.398 e. The molecule has 0 amide bonds. The molecular weight excluding hydrogens is 210 g/mol. The second-order valence-corrected chi connectivity index (χ2v) is 4.24. The normalized spacial score (nSPS) is 14.9. The Labute approximate surface area is 95.8 Å². The predicted octanol–water partition coefficient (Wildman–Crippen LogP) is 2.47. The second kappa shape index (κ2) is 5.35. The number of nitrogen functional groups attached to an aromatic ring is 1. The van der Waals surface area contributed by atoms with Crippen molar-refractivity contribution in [3.63, 3.8) is 0 Å². The Kier molecular flexibility index (Phi) is 4.39. The summed E-state index contributed by atoms with van der Waals surface area (Å²) in [4.78, 5) is 0. The van der Waals surface area contributed by atoms with Gasteiger partial charge in [0.25, 0.3) is 0 Å². The molecule has 0 aliphatic heterocycles. The van der Waals surface area contributed by atoms with Crippen LogP contribution in [0.5, 0.6) is 0 Å². The van der Waals surface area contributed by atoms with Gasteiger partial charge in [0.15, 0.2) is 0 Å². The summed E-state index contributed by atoms with van der Waals surface area (Å²) in [6, 6.07) is 5.59. The van der Waals surface area contributed by atoms with Gasteiger partial charge >= 0.3 is 0 Å². The van der Waals surface area contributed by atoms with Crippen LogP contribution >= 0.6 is 11.6 Å². The molecule has 1 rings (SSSR count). The SMILES string of the molecule is CCC(C)C(NN)c1ccc(Cl)cc1N. The van der Waals surface area contributed by atoms with Gasteiger partial charge in [-0.25, -0.2) is 0 Å². The highest BCUT2D eigenvalue weighted by Crippen LogP contribution is 2.29. The van der Waals surface area contributed by atoms with Crippen LogP contribution in [0.3, 0.4) is 0 Å². The second-order valence-electron chi connectivity index (χ2n) is 3.80. The zero-order chi connectivity index (χ0) is 11.4. The summed E-state index contributed by atoms with van der Waals surface area (Å²) in [6.45, 7) is 4.26. The molecule has 0 aliphatic rings. The quantitative estimate of drug-likeness (QED) is 0.421. The van der Waals surface area contributed by atoms with E-state index >= 15 is 0 Å². The van der Waals surface area contributed by atoms with E-state index in [1.54, 1.807) is 6.07 Å². The summed E-state index contributed by atoms with van der Waals surface area (Å²) in [5.41, 5.74) is 10.4. The highest BCUT2D eigenvalue weighted by molar-refractivity contribution is 6.30. The molecule has 0 aliphatic carbocycles. The topological polar surface area (TPSA) is 64.1 Å². The molecule has 4 heteroatoms. The Balaban J connectivity index is 3.01. The molecule has 15 heavy (non-hydrogen) atoms. The highest BCUT2D eigenvalue weighted by Gasteiger charge is 2.18. The van der Waals surface area contributed by atoms with Crippen LogP contribution < -0.4 is 17.0 Å². The van der Waals surface area contributed by atoms with Crippen LogP contribution in [0, 0.1) is 5.92 Å². The molecule has 3 nitrogen and oxygen atoms in total. The van der Waals surface area contributed by atoms with Crippen molar-refractivity contribution in [2.24, 2.45) is 11.8 Å². The molecule has 84 valence electrons. The molecular formula is C11H18ClN3. The molecule has 2 atom stereocenters. The van der Waals surface area contributed by atoms with Crippen LogP contribution in [-0.2, 0) is 0 Å². The lowest BCUT2D eigenvalue weighted by atomic mass is 9.92. The van der Waals surface area contributed by atoms with Gasteiger partial charge < -0.3 is 5.73 Å². The van der Waals surface area contributed by atoms with E-state index in [1.165, 1.54) is 0 Å². The van der Waals surface area contributed by atoms with Gasteiger partial charge in [-0.15, -0.1) is 0 Å². The van der Waals surface area contributed by atoms with Crippen LogP contribution in [0.15, 0.2) is 18.2 Å². The summed E-state index contributed by atoms with van der Waals surface area (Å²) < 4.78 is 0. The van der Waals surface area contributed by atoms with Crippen molar-refractivity contribution in [1.82, 2.24) is 5.43 Å². The van der Waals surface area contributed by atoms with Crippen molar-refractivity contribution in [2.75, 3.05) is 5.73 Å². The number of rotatable bonds is 4. The third-order valence-electron chi connectivity index (χ3n) is 2.78. The first-order valence-corrected chi connectivity index (χ1v) is 5.49. The van der Waals surface area contributed by atoms with E-state index in [-0.39, 0.29) is 6.04 Å². The average molecular weight is 228 g/mol. The van der Waals surface area contributed by atoms with E-state index in [4.69, 9.17) is 23.2 Å². The third-order valence-corrected chi connectivity index (χ3v) is 3.01. The first kappa shape index (κ1) is 12.3. The van der Waals surface area contributed by atoms with Crippen molar-refractivity contribution < 1.29 is 0 Å². The zero-order valence-electron chi connectivity index (χ0n) is 9.13. The van der Waals surface area contributed by atoms with Crippen molar-refractivity contribution >= 4 is 17.3 Å². The minimum absolute atomic E-state index is 0.0762. The Morgan fingerprint density at radius 3 is 2.60 bits per heavy atom. The van der Waals surface area contributed by atoms with Gasteiger partial charge in [0.05, 0.1) is 6.04 Å². The minimum Gasteiger partial charge on any atom is -0.398 e. The van der Waals surface area contributed by atoms with Gasteiger partial charge in [0, 0.05) is 10.7 Å². The maximum atomic E-state index is 5.91. The van der Waals surface area contributed by atoms with Crippen LogP contribution in [-0.4, -0.2) is 0 Å².